The second-order valence-electron chi connectivity index (χ2n) is 17.2. The van der Waals surface area contributed by atoms with Gasteiger partial charge in [-0.2, -0.15) is 0 Å². The maximum Gasteiger partial charge on any atom is 0.637 e. The molecule has 4 aliphatic heterocycles. The summed E-state index contributed by atoms with van der Waals surface area (Å²) in [6, 6.07) is -0.602. The Morgan fingerprint density at radius 2 is 1.68 bits per heavy atom. The third-order valence-electron chi connectivity index (χ3n) is 12.3. The van der Waals surface area contributed by atoms with Crippen molar-refractivity contribution < 1.29 is 62.9 Å². The van der Waals surface area contributed by atoms with Crippen molar-refractivity contribution in [3.8, 4) is 0 Å². The number of aliphatic hydroxyl groups is 3. The van der Waals surface area contributed by atoms with Crippen molar-refractivity contribution in [2.24, 2.45) is 17.8 Å². The van der Waals surface area contributed by atoms with Crippen molar-refractivity contribution in [1.29, 1.82) is 0 Å². The molecule has 4 fully saturated rings. The normalized spacial score (nSPS) is 49.6. The van der Waals surface area contributed by atoms with E-state index in [4.69, 9.17) is 37.7 Å². The smallest absolute Gasteiger partial charge is 0.459 e. The highest BCUT2D eigenvalue weighted by molar-refractivity contribution is 6.35. The number of carbonyl (C=O) groups is 1. The Hall–Kier alpha value is -0.985. The van der Waals surface area contributed by atoms with Gasteiger partial charge in [-0.15, -0.1) is 0 Å². The van der Waals surface area contributed by atoms with E-state index in [-0.39, 0.29) is 36.9 Å². The van der Waals surface area contributed by atoms with Crippen LogP contribution >= 0.6 is 0 Å². The monoisotopic (exact) mass is 760 g/mol. The Labute approximate surface area is 316 Å². The molecule has 0 aliphatic carbocycles. The number of nitrogens with one attached hydrogen (secondary N) is 1. The molecule has 4 aliphatic rings. The highest BCUT2D eigenvalue weighted by atomic mass is 16.7. The van der Waals surface area contributed by atoms with Gasteiger partial charge in [0.2, 0.25) is 0 Å². The Morgan fingerprint density at radius 3 is 2.28 bits per heavy atom. The first-order valence-electron chi connectivity index (χ1n) is 19.5. The summed E-state index contributed by atoms with van der Waals surface area (Å²) in [5.41, 5.74) is -3.75. The van der Waals surface area contributed by atoms with Gasteiger partial charge in [-0.25, -0.2) is 0 Å². The minimum absolute atomic E-state index is 0.108. The number of fused-ring (bicyclic) bond motifs is 1. The van der Waals surface area contributed by atoms with Crippen LogP contribution < -0.4 is 5.32 Å². The third kappa shape index (κ3) is 9.77. The maximum absolute atomic E-state index is 14.4. The third-order valence-corrected chi connectivity index (χ3v) is 12.3. The number of aliphatic hydroxyl groups excluding tert-OH is 2. The Kier molecular flexibility index (Phi) is 14.9. The van der Waals surface area contributed by atoms with Crippen molar-refractivity contribution in [2.75, 3.05) is 27.7 Å². The first-order chi connectivity index (χ1) is 24.6. The average Bonchev–Trinajstić information content (AvgIpc) is 3.40. The maximum atomic E-state index is 14.4. The van der Waals surface area contributed by atoms with Gasteiger partial charge in [0, 0.05) is 31.5 Å². The number of likely N-dealkylation sites (N-methyl/N-ethyl adjacent to an activating group) is 1. The zero-order valence-electron chi connectivity index (χ0n) is 34.2. The summed E-state index contributed by atoms with van der Waals surface area (Å²) in [5, 5.41) is 49.0. The highest BCUT2D eigenvalue weighted by Gasteiger charge is 2.57. The van der Waals surface area contributed by atoms with E-state index in [1.165, 1.54) is 7.11 Å². The topological polar surface area (TPSA) is 187 Å². The van der Waals surface area contributed by atoms with Crippen molar-refractivity contribution in [3.05, 3.63) is 0 Å². The number of rotatable bonds is 7. The molecule has 0 aromatic carbocycles. The quantitative estimate of drug-likeness (QED) is 0.186. The molecule has 5 N–H and O–H groups in total. The molecule has 0 aromatic heterocycles. The summed E-state index contributed by atoms with van der Waals surface area (Å²) in [7, 11) is 3.80. The van der Waals surface area contributed by atoms with E-state index >= 15 is 0 Å². The van der Waals surface area contributed by atoms with Gasteiger partial charge < -0.3 is 68.3 Å². The SMILES string of the molecule is CCC1OC(=O)[C@H](C)[C@@H](O[C@H]2C[C@@](C)(OC)[C@@H](O)[C@H](C)O2)[C@H](C)[C@@H](O[C@@H]2O[C@H](C)C[C@H](N(C)C)[C@H]2O)[C@](C)(O)C[C@@H](C)CN[C@H](C)[C@H]2OB(O)O[C@]12C. The fourth-order valence-electron chi connectivity index (χ4n) is 9.10. The van der Waals surface area contributed by atoms with Crippen molar-refractivity contribution >= 4 is 13.3 Å². The van der Waals surface area contributed by atoms with Crippen LogP contribution in [0, 0.1) is 17.8 Å². The van der Waals surface area contributed by atoms with Crippen LogP contribution in [0.4, 0.5) is 0 Å². The van der Waals surface area contributed by atoms with Crippen LogP contribution in [0.1, 0.15) is 94.9 Å². The Balaban J connectivity index is 1.80. The molecule has 308 valence electrons. The lowest BCUT2D eigenvalue weighted by atomic mass is 9.77. The van der Waals surface area contributed by atoms with Crippen molar-refractivity contribution in [2.45, 2.75) is 185 Å². The van der Waals surface area contributed by atoms with E-state index in [0.29, 0.717) is 19.4 Å². The van der Waals surface area contributed by atoms with Gasteiger partial charge in [-0.1, -0.05) is 20.8 Å². The Morgan fingerprint density at radius 1 is 1.02 bits per heavy atom. The van der Waals surface area contributed by atoms with Gasteiger partial charge >= 0.3 is 13.3 Å². The second kappa shape index (κ2) is 17.7. The number of hydrogen-bond acceptors (Lipinski definition) is 15. The number of nitrogens with zero attached hydrogens (tertiary/aromatic N) is 1. The number of esters is 1. The number of hydrogen-bond donors (Lipinski definition) is 5. The number of carbonyl (C=O) groups excluding carboxylic acids is 1. The van der Waals surface area contributed by atoms with Crippen LogP contribution in [0.5, 0.6) is 0 Å². The molecule has 0 saturated carbocycles. The van der Waals surface area contributed by atoms with E-state index in [2.05, 4.69) is 5.32 Å². The van der Waals surface area contributed by atoms with Gasteiger partial charge in [0.15, 0.2) is 12.6 Å². The molecular weight excluding hydrogens is 691 g/mol. The summed E-state index contributed by atoms with van der Waals surface area (Å²) in [5.74, 6) is -2.39. The van der Waals surface area contributed by atoms with Gasteiger partial charge in [-0.3, -0.25) is 4.79 Å². The summed E-state index contributed by atoms with van der Waals surface area (Å²) >= 11 is 0. The van der Waals surface area contributed by atoms with E-state index < -0.39 is 97.2 Å². The largest absolute Gasteiger partial charge is 0.637 e. The van der Waals surface area contributed by atoms with E-state index in [9.17, 15) is 25.1 Å². The van der Waals surface area contributed by atoms with E-state index in [1.807, 2.05) is 53.6 Å². The van der Waals surface area contributed by atoms with Crippen LogP contribution in [-0.2, 0) is 42.5 Å². The fourth-order valence-corrected chi connectivity index (χ4v) is 9.10. The minimum Gasteiger partial charge on any atom is -0.459 e. The molecule has 0 aromatic rings. The van der Waals surface area contributed by atoms with E-state index in [0.717, 1.165) is 0 Å². The summed E-state index contributed by atoms with van der Waals surface area (Å²) in [6.07, 6.45) is -7.04. The van der Waals surface area contributed by atoms with Crippen LogP contribution in [0.2, 0.25) is 0 Å². The number of cyclic esters (lactones) is 1. The first kappa shape index (κ1) is 44.7. The molecule has 18 atom stereocenters. The van der Waals surface area contributed by atoms with Gasteiger partial charge in [0.05, 0.1) is 47.6 Å². The van der Waals surface area contributed by atoms with Crippen molar-refractivity contribution in [1.82, 2.24) is 10.2 Å². The lowest BCUT2D eigenvalue weighted by molar-refractivity contribution is -0.318. The lowest BCUT2D eigenvalue weighted by Gasteiger charge is -2.48. The van der Waals surface area contributed by atoms with Gasteiger partial charge in [-0.05, 0) is 94.3 Å². The highest BCUT2D eigenvalue weighted by Crippen LogP contribution is 2.41. The molecule has 16 heteroatoms. The molecule has 0 amide bonds. The van der Waals surface area contributed by atoms with Gasteiger partial charge in [0.1, 0.15) is 23.9 Å². The molecule has 53 heavy (non-hydrogen) atoms. The van der Waals surface area contributed by atoms with Crippen LogP contribution in [0.25, 0.3) is 0 Å². The minimum atomic E-state index is -1.53. The predicted octanol–water partition coefficient (Wildman–Crippen LogP) is 1.60. The number of methoxy groups -OCH3 is 1. The zero-order chi connectivity index (χ0) is 39.8. The summed E-state index contributed by atoms with van der Waals surface area (Å²) in [6.45, 7) is 18.7. The first-order valence-corrected chi connectivity index (χ1v) is 19.5. The molecule has 4 saturated heterocycles. The second-order valence-corrected chi connectivity index (χ2v) is 17.2. The molecular formula is C37H69BN2O13. The standard InChI is InChI=1S/C37H69BN2O13/c1-14-26-37(10)32(52-38(45)53-37)23(6)39-18-19(2)16-35(8,44)31(51-34-28(41)25(40(11)12)15-20(3)47-34)21(4)29(22(5)33(43)49-26)50-27-17-36(9,46-13)30(42)24(7)48-27/h19-32,34,39,41-42,44-45H,14-18H2,1-13H3/t19-,20-,21+,22-,23-,24+,25+,26?,27+,28-,29+,30+,31-,32-,34+,35-,36-,37-/m1/s1. The fraction of sp³-hybridized carbons (Fsp3) is 0.973. The molecule has 1 unspecified atom stereocenters. The predicted molar refractivity (Wildman–Crippen MR) is 195 cm³/mol. The van der Waals surface area contributed by atoms with E-state index in [1.54, 1.807) is 34.6 Å². The molecule has 4 heterocycles. The molecule has 0 spiro atoms. The lowest BCUT2D eigenvalue weighted by Crippen LogP contribution is -2.60. The molecule has 0 radical (unpaired) electrons. The zero-order valence-corrected chi connectivity index (χ0v) is 34.2. The van der Waals surface area contributed by atoms with Crippen molar-refractivity contribution in [3.63, 3.8) is 0 Å². The van der Waals surface area contributed by atoms with Gasteiger partial charge in [0.25, 0.3) is 0 Å². The summed E-state index contributed by atoms with van der Waals surface area (Å²) in [4.78, 5) is 16.3. The van der Waals surface area contributed by atoms with Crippen LogP contribution in [0.15, 0.2) is 0 Å². The molecule has 4 rings (SSSR count). The Bertz CT molecular complexity index is 1200. The molecule has 15 nitrogen and oxygen atoms in total. The van der Waals surface area contributed by atoms with Crippen LogP contribution in [-0.4, -0.2) is 157 Å². The van der Waals surface area contributed by atoms with Crippen LogP contribution in [0.3, 0.4) is 0 Å². The summed E-state index contributed by atoms with van der Waals surface area (Å²) < 4.78 is 49.7. The number of ether oxygens (including phenoxy) is 6. The average molecular weight is 761 g/mol. The molecule has 0 bridgehead atoms.